The van der Waals surface area contributed by atoms with Crippen LogP contribution in [0.2, 0.25) is 5.02 Å². The lowest BCUT2D eigenvalue weighted by molar-refractivity contribution is -0.138. The molecular weight excluding hydrogens is 343 g/mol. The Labute approximate surface area is 137 Å². The van der Waals surface area contributed by atoms with Crippen molar-refractivity contribution in [2.24, 2.45) is 5.92 Å². The SMILES string of the molecule is O=C(O)[C@@H]1[C@H](c2cccc(F)c2)[C@@H]1S(=O)(=O)c1ccc(Cl)cc1. The van der Waals surface area contributed by atoms with Gasteiger partial charge in [-0.2, -0.15) is 0 Å². The van der Waals surface area contributed by atoms with Gasteiger partial charge in [0.15, 0.2) is 9.84 Å². The van der Waals surface area contributed by atoms with Crippen LogP contribution in [0, 0.1) is 11.7 Å². The summed E-state index contributed by atoms with van der Waals surface area (Å²) < 4.78 is 38.7. The highest BCUT2D eigenvalue weighted by molar-refractivity contribution is 7.92. The molecule has 0 radical (unpaired) electrons. The fourth-order valence-corrected chi connectivity index (χ4v) is 5.10. The Balaban J connectivity index is 2.00. The standard InChI is InChI=1S/C16H12ClFO4S/c17-10-4-6-12(7-5-10)23(21,22)15-13(14(15)16(19)20)9-2-1-3-11(18)8-9/h1-8,13-15H,(H,19,20)/t13-,14+,15-/m0/s1. The molecule has 0 amide bonds. The van der Waals surface area contributed by atoms with E-state index >= 15 is 0 Å². The zero-order valence-electron chi connectivity index (χ0n) is 11.7. The smallest absolute Gasteiger partial charge is 0.308 e. The third-order valence-electron chi connectivity index (χ3n) is 3.97. The van der Waals surface area contributed by atoms with Gasteiger partial charge < -0.3 is 5.11 Å². The molecule has 2 aromatic rings. The molecule has 23 heavy (non-hydrogen) atoms. The van der Waals surface area contributed by atoms with Crippen molar-refractivity contribution in [2.45, 2.75) is 16.1 Å². The van der Waals surface area contributed by atoms with Gasteiger partial charge in [-0.05, 0) is 42.0 Å². The first-order chi connectivity index (χ1) is 10.8. The largest absolute Gasteiger partial charge is 0.481 e. The summed E-state index contributed by atoms with van der Waals surface area (Å²) in [6.45, 7) is 0. The highest BCUT2D eigenvalue weighted by atomic mass is 35.5. The van der Waals surface area contributed by atoms with Crippen LogP contribution in [-0.4, -0.2) is 24.7 Å². The minimum absolute atomic E-state index is 0.0112. The summed E-state index contributed by atoms with van der Waals surface area (Å²) >= 11 is 5.75. The highest BCUT2D eigenvalue weighted by Crippen LogP contribution is 2.54. The number of aliphatic carboxylic acids is 1. The Morgan fingerprint density at radius 3 is 2.35 bits per heavy atom. The average Bonchev–Trinajstić information content (AvgIpc) is 3.24. The number of hydrogen-bond donors (Lipinski definition) is 1. The molecular formula is C16H12ClFO4S. The van der Waals surface area contributed by atoms with Gasteiger partial charge in [0.2, 0.25) is 0 Å². The highest BCUT2D eigenvalue weighted by Gasteiger charge is 2.63. The second-order valence-electron chi connectivity index (χ2n) is 5.41. The number of sulfone groups is 1. The summed E-state index contributed by atoms with van der Waals surface area (Å²) in [6, 6.07) is 10.9. The van der Waals surface area contributed by atoms with E-state index in [2.05, 4.69) is 0 Å². The molecule has 7 heteroatoms. The molecule has 0 heterocycles. The van der Waals surface area contributed by atoms with E-state index in [9.17, 15) is 22.7 Å². The summed E-state index contributed by atoms with van der Waals surface area (Å²) in [5, 5.41) is 8.58. The number of carboxylic acid groups (broad SMARTS) is 1. The quantitative estimate of drug-likeness (QED) is 0.915. The number of rotatable bonds is 4. The third kappa shape index (κ3) is 2.84. The molecule has 120 valence electrons. The van der Waals surface area contributed by atoms with Crippen LogP contribution >= 0.6 is 11.6 Å². The maximum Gasteiger partial charge on any atom is 0.308 e. The van der Waals surface area contributed by atoms with Gasteiger partial charge in [-0.1, -0.05) is 23.7 Å². The van der Waals surface area contributed by atoms with Crippen LogP contribution < -0.4 is 0 Å². The zero-order valence-corrected chi connectivity index (χ0v) is 13.3. The first-order valence-electron chi connectivity index (χ1n) is 6.80. The van der Waals surface area contributed by atoms with Gasteiger partial charge in [-0.3, -0.25) is 4.79 Å². The monoisotopic (exact) mass is 354 g/mol. The van der Waals surface area contributed by atoms with Gasteiger partial charge >= 0.3 is 5.97 Å². The number of carbonyl (C=O) groups is 1. The van der Waals surface area contributed by atoms with Gasteiger partial charge in [0.25, 0.3) is 0 Å². The molecule has 3 rings (SSSR count). The van der Waals surface area contributed by atoms with E-state index in [1.807, 2.05) is 0 Å². The van der Waals surface area contributed by atoms with Crippen molar-refractivity contribution in [1.82, 2.24) is 0 Å². The maximum absolute atomic E-state index is 13.4. The van der Waals surface area contributed by atoms with E-state index in [1.165, 1.54) is 42.5 Å². The van der Waals surface area contributed by atoms with Gasteiger partial charge in [0.05, 0.1) is 16.1 Å². The number of hydrogen-bond acceptors (Lipinski definition) is 3. The van der Waals surface area contributed by atoms with Crippen molar-refractivity contribution in [2.75, 3.05) is 0 Å². The summed E-state index contributed by atoms with van der Waals surface area (Å²) in [5.74, 6) is -3.58. The van der Waals surface area contributed by atoms with Crippen molar-refractivity contribution < 1.29 is 22.7 Å². The first kappa shape index (κ1) is 16.0. The second kappa shape index (κ2) is 5.62. The van der Waals surface area contributed by atoms with Crippen molar-refractivity contribution in [3.05, 3.63) is 64.9 Å². The predicted octanol–water partition coefficient (Wildman–Crippen LogP) is 3.12. The van der Waals surface area contributed by atoms with Crippen LogP contribution in [0.15, 0.2) is 53.4 Å². The Bertz CT molecular complexity index is 864. The van der Waals surface area contributed by atoms with Crippen molar-refractivity contribution in [3.8, 4) is 0 Å². The van der Waals surface area contributed by atoms with E-state index in [4.69, 9.17) is 11.6 Å². The van der Waals surface area contributed by atoms with Gasteiger partial charge in [-0.25, -0.2) is 12.8 Å². The lowest BCUT2D eigenvalue weighted by atomic mass is 10.1. The summed E-state index contributed by atoms with van der Waals surface area (Å²) in [6.07, 6.45) is 0. The summed E-state index contributed by atoms with van der Waals surface area (Å²) in [7, 11) is -3.85. The molecule has 0 bridgehead atoms. The van der Waals surface area contributed by atoms with Gasteiger partial charge in [0, 0.05) is 10.9 Å². The van der Waals surface area contributed by atoms with Crippen LogP contribution in [-0.2, 0) is 14.6 Å². The molecule has 0 aromatic heterocycles. The van der Waals surface area contributed by atoms with Crippen LogP contribution in [0.3, 0.4) is 0 Å². The average molecular weight is 355 g/mol. The van der Waals surface area contributed by atoms with E-state index in [-0.39, 0.29) is 4.90 Å². The molecule has 2 aromatic carbocycles. The molecule has 0 aliphatic heterocycles. The Hall–Kier alpha value is -1.92. The maximum atomic E-state index is 13.4. The third-order valence-corrected chi connectivity index (χ3v) is 6.46. The molecule has 0 saturated heterocycles. The van der Waals surface area contributed by atoms with Crippen LogP contribution in [0.4, 0.5) is 4.39 Å². The lowest BCUT2D eigenvalue weighted by Crippen LogP contribution is -2.13. The van der Waals surface area contributed by atoms with E-state index in [0.717, 1.165) is 0 Å². The molecule has 1 aliphatic rings. The second-order valence-corrected chi connectivity index (χ2v) is 7.95. The molecule has 1 saturated carbocycles. The summed E-state index contributed by atoms with van der Waals surface area (Å²) in [5.41, 5.74) is 0.375. The van der Waals surface area contributed by atoms with Gasteiger partial charge in [-0.15, -0.1) is 0 Å². The molecule has 3 atom stereocenters. The lowest BCUT2D eigenvalue weighted by Gasteiger charge is -2.04. The van der Waals surface area contributed by atoms with Gasteiger partial charge in [0.1, 0.15) is 5.82 Å². The molecule has 0 unspecified atom stereocenters. The number of benzene rings is 2. The molecule has 1 N–H and O–H groups in total. The van der Waals surface area contributed by atoms with E-state index in [1.54, 1.807) is 6.07 Å². The van der Waals surface area contributed by atoms with Crippen molar-refractivity contribution in [3.63, 3.8) is 0 Å². The van der Waals surface area contributed by atoms with Crippen LogP contribution in [0.5, 0.6) is 0 Å². The fourth-order valence-electron chi connectivity index (χ4n) is 2.86. The number of carboxylic acids is 1. The Kier molecular flexibility index (Phi) is 3.90. The molecule has 1 aliphatic carbocycles. The van der Waals surface area contributed by atoms with Crippen molar-refractivity contribution >= 4 is 27.4 Å². The number of halogens is 2. The van der Waals surface area contributed by atoms with E-state index < -0.39 is 38.7 Å². The van der Waals surface area contributed by atoms with E-state index in [0.29, 0.717) is 10.6 Å². The minimum atomic E-state index is -3.85. The molecule has 4 nitrogen and oxygen atoms in total. The van der Waals surface area contributed by atoms with Crippen LogP contribution in [0.1, 0.15) is 11.5 Å². The molecule has 0 spiro atoms. The Morgan fingerprint density at radius 2 is 1.78 bits per heavy atom. The topological polar surface area (TPSA) is 71.4 Å². The van der Waals surface area contributed by atoms with Crippen LogP contribution in [0.25, 0.3) is 0 Å². The fraction of sp³-hybridized carbons (Fsp3) is 0.188. The van der Waals surface area contributed by atoms with Crippen molar-refractivity contribution in [1.29, 1.82) is 0 Å². The molecule has 1 fully saturated rings. The predicted molar refractivity (Wildman–Crippen MR) is 82.7 cm³/mol. The zero-order chi connectivity index (χ0) is 16.8. The Morgan fingerprint density at radius 1 is 1.13 bits per heavy atom. The minimum Gasteiger partial charge on any atom is -0.481 e. The normalized spacial score (nSPS) is 23.5. The summed E-state index contributed by atoms with van der Waals surface area (Å²) in [4.78, 5) is 11.4. The first-order valence-corrected chi connectivity index (χ1v) is 8.72.